The van der Waals surface area contributed by atoms with Gasteiger partial charge in [0, 0.05) is 42.4 Å². The fourth-order valence-electron chi connectivity index (χ4n) is 7.69. The Morgan fingerprint density at radius 2 is 1.36 bits per heavy atom. The van der Waals surface area contributed by atoms with E-state index in [1.165, 1.54) is 80.7 Å². The first-order valence-corrected chi connectivity index (χ1v) is 15.3. The van der Waals surface area contributed by atoms with Gasteiger partial charge in [0.05, 0.1) is 21.4 Å². The molecule has 0 saturated carbocycles. The van der Waals surface area contributed by atoms with E-state index in [0.717, 1.165) is 11.2 Å². The molecular formula is C39H25NOS. The molecule has 0 bridgehead atoms. The minimum atomic E-state index is -0.0621. The van der Waals surface area contributed by atoms with Crippen molar-refractivity contribution in [3.05, 3.63) is 126 Å². The molecule has 0 amide bonds. The van der Waals surface area contributed by atoms with Crippen molar-refractivity contribution in [3.63, 3.8) is 0 Å². The zero-order valence-corrected chi connectivity index (χ0v) is 24.0. The number of aromatic nitrogens is 1. The Morgan fingerprint density at radius 3 is 2.29 bits per heavy atom. The summed E-state index contributed by atoms with van der Waals surface area (Å²) in [4.78, 5) is 0. The second-order valence-electron chi connectivity index (χ2n) is 12.1. The van der Waals surface area contributed by atoms with Crippen LogP contribution < -0.4 is 0 Å². The third-order valence-corrected chi connectivity index (χ3v) is 10.8. The van der Waals surface area contributed by atoms with E-state index >= 15 is 0 Å². The number of para-hydroxylation sites is 1. The number of nitrogens with zero attached hydrogens (tertiary/aromatic N) is 1. The van der Waals surface area contributed by atoms with Crippen molar-refractivity contribution in [1.29, 1.82) is 0 Å². The number of fused-ring (bicyclic) bond motifs is 13. The predicted octanol–water partition coefficient (Wildman–Crippen LogP) is 11.4. The van der Waals surface area contributed by atoms with Gasteiger partial charge >= 0.3 is 0 Å². The fourth-order valence-corrected chi connectivity index (χ4v) is 8.89. The summed E-state index contributed by atoms with van der Waals surface area (Å²) in [5.74, 6) is 0. The van der Waals surface area contributed by atoms with Gasteiger partial charge < -0.3 is 8.98 Å². The first-order valence-electron chi connectivity index (χ1n) is 14.5. The number of hydrogen-bond donors (Lipinski definition) is 0. The van der Waals surface area contributed by atoms with Gasteiger partial charge in [0.2, 0.25) is 0 Å². The van der Waals surface area contributed by atoms with Crippen LogP contribution in [0.2, 0.25) is 0 Å². The van der Waals surface area contributed by atoms with Crippen LogP contribution >= 0.6 is 11.3 Å². The van der Waals surface area contributed by atoms with E-state index in [-0.39, 0.29) is 5.41 Å². The largest absolute Gasteiger partial charge is 0.456 e. The second-order valence-corrected chi connectivity index (χ2v) is 13.2. The van der Waals surface area contributed by atoms with Gasteiger partial charge in [-0.3, -0.25) is 0 Å². The molecule has 0 aliphatic heterocycles. The van der Waals surface area contributed by atoms with Gasteiger partial charge in [-0.2, -0.15) is 0 Å². The summed E-state index contributed by atoms with van der Waals surface area (Å²) in [5.41, 5.74) is 10.9. The van der Waals surface area contributed by atoms with Crippen molar-refractivity contribution in [2.24, 2.45) is 0 Å². The quantitative estimate of drug-likeness (QED) is 0.197. The van der Waals surface area contributed by atoms with E-state index in [9.17, 15) is 0 Å². The molecule has 3 aromatic heterocycles. The van der Waals surface area contributed by atoms with Crippen molar-refractivity contribution in [3.8, 4) is 16.8 Å². The van der Waals surface area contributed by atoms with E-state index in [1.54, 1.807) is 0 Å². The third-order valence-electron chi connectivity index (χ3n) is 9.60. The van der Waals surface area contributed by atoms with E-state index < -0.39 is 0 Å². The highest BCUT2D eigenvalue weighted by atomic mass is 32.1. The van der Waals surface area contributed by atoms with Gasteiger partial charge in [-0.1, -0.05) is 86.6 Å². The molecule has 1 aliphatic rings. The van der Waals surface area contributed by atoms with Crippen LogP contribution in [0.15, 0.2) is 120 Å². The second kappa shape index (κ2) is 7.70. The molecule has 6 aromatic carbocycles. The van der Waals surface area contributed by atoms with E-state index in [0.29, 0.717) is 0 Å². The van der Waals surface area contributed by atoms with Crippen molar-refractivity contribution in [2.45, 2.75) is 19.3 Å². The molecule has 198 valence electrons. The molecule has 0 fully saturated rings. The molecule has 42 heavy (non-hydrogen) atoms. The smallest absolute Gasteiger partial charge is 0.136 e. The van der Waals surface area contributed by atoms with Gasteiger partial charge in [-0.05, 0) is 64.7 Å². The maximum atomic E-state index is 6.64. The zero-order chi connectivity index (χ0) is 27.7. The van der Waals surface area contributed by atoms with Crippen molar-refractivity contribution < 1.29 is 4.42 Å². The lowest BCUT2D eigenvalue weighted by atomic mass is 9.82. The summed E-state index contributed by atoms with van der Waals surface area (Å²) in [7, 11) is 0. The summed E-state index contributed by atoms with van der Waals surface area (Å²) in [5, 5.41) is 7.52. The van der Waals surface area contributed by atoms with Crippen LogP contribution in [0.3, 0.4) is 0 Å². The molecule has 1 aliphatic carbocycles. The highest BCUT2D eigenvalue weighted by Crippen LogP contribution is 2.52. The topological polar surface area (TPSA) is 18.1 Å². The van der Waals surface area contributed by atoms with Crippen LogP contribution in [-0.4, -0.2) is 4.57 Å². The molecule has 0 spiro atoms. The molecule has 9 aromatic rings. The van der Waals surface area contributed by atoms with Gasteiger partial charge in [-0.15, -0.1) is 11.3 Å². The Labute approximate surface area is 246 Å². The van der Waals surface area contributed by atoms with E-state index in [1.807, 2.05) is 11.3 Å². The van der Waals surface area contributed by atoms with Crippen LogP contribution in [0.25, 0.3) is 80.7 Å². The number of hydrogen-bond acceptors (Lipinski definition) is 2. The maximum absolute atomic E-state index is 6.64. The normalized spacial score (nSPS) is 14.1. The molecular weight excluding hydrogens is 531 g/mol. The Kier molecular flexibility index (Phi) is 4.18. The molecule has 10 rings (SSSR count). The van der Waals surface area contributed by atoms with Crippen LogP contribution in [0.5, 0.6) is 0 Å². The average molecular weight is 556 g/mol. The Hall–Kier alpha value is -4.86. The summed E-state index contributed by atoms with van der Waals surface area (Å²) < 4.78 is 11.7. The number of benzene rings is 6. The zero-order valence-electron chi connectivity index (χ0n) is 23.2. The van der Waals surface area contributed by atoms with Crippen LogP contribution in [0.1, 0.15) is 25.0 Å². The molecule has 0 atom stereocenters. The SMILES string of the molecule is CC1(C)c2ccccc2-c2cc3c(cc21)oc1ccc2c(c4ccccc4n2-c2cccc4c2sc2ccccc24)c13. The number of thiophene rings is 1. The van der Waals surface area contributed by atoms with Crippen LogP contribution in [-0.2, 0) is 5.41 Å². The Bertz CT molecular complexity index is 2610. The molecule has 0 saturated heterocycles. The lowest BCUT2D eigenvalue weighted by Gasteiger charge is -2.21. The molecule has 0 radical (unpaired) electrons. The number of furan rings is 1. The fraction of sp³-hybridized carbons (Fsp3) is 0.0769. The third kappa shape index (κ3) is 2.70. The Morgan fingerprint density at radius 1 is 0.571 bits per heavy atom. The molecule has 3 heteroatoms. The predicted molar refractivity (Wildman–Crippen MR) is 179 cm³/mol. The molecule has 2 nitrogen and oxygen atoms in total. The standard InChI is InChI=1S/C39H25NOS/c1-39(2)28-14-6-3-10-22(28)26-20-27-34(21-29(26)39)41-33-19-18-31-36(37(27)33)25-12-4-7-15-30(25)40(31)32-16-9-13-24-23-11-5-8-17-35(23)42-38(24)32/h3-21H,1-2H3. The maximum Gasteiger partial charge on any atom is 0.136 e. The summed E-state index contributed by atoms with van der Waals surface area (Å²) >= 11 is 1.88. The monoisotopic (exact) mass is 555 g/mol. The van der Waals surface area contributed by atoms with Crippen molar-refractivity contribution >= 4 is 75.3 Å². The summed E-state index contributed by atoms with van der Waals surface area (Å²) in [6, 6.07) is 42.3. The van der Waals surface area contributed by atoms with Gasteiger partial charge in [0.1, 0.15) is 11.2 Å². The van der Waals surface area contributed by atoms with Gasteiger partial charge in [0.15, 0.2) is 0 Å². The lowest BCUT2D eigenvalue weighted by Crippen LogP contribution is -2.14. The average Bonchev–Trinajstić information content (AvgIpc) is 3.73. The Balaban J connectivity index is 1.36. The molecule has 0 unspecified atom stereocenters. The van der Waals surface area contributed by atoms with Crippen LogP contribution in [0, 0.1) is 0 Å². The number of rotatable bonds is 1. The van der Waals surface area contributed by atoms with Gasteiger partial charge in [-0.25, -0.2) is 0 Å². The van der Waals surface area contributed by atoms with Crippen molar-refractivity contribution in [2.75, 3.05) is 0 Å². The minimum absolute atomic E-state index is 0.0621. The lowest BCUT2D eigenvalue weighted by molar-refractivity contribution is 0.647. The van der Waals surface area contributed by atoms with Gasteiger partial charge in [0.25, 0.3) is 0 Å². The molecule has 3 heterocycles. The summed E-state index contributed by atoms with van der Waals surface area (Å²) in [6.45, 7) is 4.65. The first-order chi connectivity index (χ1) is 20.6. The molecule has 0 N–H and O–H groups in total. The summed E-state index contributed by atoms with van der Waals surface area (Å²) in [6.07, 6.45) is 0. The minimum Gasteiger partial charge on any atom is -0.456 e. The highest BCUT2D eigenvalue weighted by Gasteiger charge is 2.36. The van der Waals surface area contributed by atoms with E-state index in [4.69, 9.17) is 4.42 Å². The first kappa shape index (κ1) is 22.8. The van der Waals surface area contributed by atoms with Crippen molar-refractivity contribution in [1.82, 2.24) is 4.57 Å². The van der Waals surface area contributed by atoms with E-state index in [2.05, 4.69) is 134 Å². The highest BCUT2D eigenvalue weighted by molar-refractivity contribution is 7.26. The van der Waals surface area contributed by atoms with Crippen LogP contribution in [0.4, 0.5) is 0 Å².